The van der Waals surface area contributed by atoms with Crippen molar-refractivity contribution in [1.82, 2.24) is 19.9 Å². The first-order valence-corrected chi connectivity index (χ1v) is 9.22. The largest absolute Gasteiger partial charge is 0.370 e. The molecular formula is C21H21FN4O2. The standard InChI is InChI=1S/C21H21FN4O2/c22-18-8-4-7-17(9-18)10-21(27)25-12-20(13-25)26-11-19(23-24-26)15-28-14-16-5-2-1-3-6-16/h1-9,11,20H,10,12-15H2. The number of amides is 1. The van der Waals surface area contributed by atoms with E-state index in [0.717, 1.165) is 11.3 Å². The van der Waals surface area contributed by atoms with E-state index in [4.69, 9.17) is 4.74 Å². The second-order valence-corrected chi connectivity index (χ2v) is 6.93. The number of hydrogen-bond acceptors (Lipinski definition) is 4. The minimum atomic E-state index is -0.323. The molecule has 3 aromatic rings. The van der Waals surface area contributed by atoms with E-state index < -0.39 is 0 Å². The molecular weight excluding hydrogens is 359 g/mol. The Morgan fingerprint density at radius 1 is 1.07 bits per heavy atom. The minimum Gasteiger partial charge on any atom is -0.370 e. The Morgan fingerprint density at radius 3 is 2.64 bits per heavy atom. The van der Waals surface area contributed by atoms with E-state index >= 15 is 0 Å². The molecule has 0 spiro atoms. The van der Waals surface area contributed by atoms with E-state index in [2.05, 4.69) is 10.3 Å². The van der Waals surface area contributed by atoms with Crippen LogP contribution in [-0.2, 0) is 29.2 Å². The molecule has 144 valence electrons. The molecule has 7 heteroatoms. The molecule has 1 aliphatic rings. The first kappa shape index (κ1) is 18.3. The molecule has 6 nitrogen and oxygen atoms in total. The Morgan fingerprint density at radius 2 is 1.86 bits per heavy atom. The van der Waals surface area contributed by atoms with Crippen molar-refractivity contribution in [1.29, 1.82) is 0 Å². The molecule has 0 unspecified atom stereocenters. The zero-order chi connectivity index (χ0) is 19.3. The highest BCUT2D eigenvalue weighted by Crippen LogP contribution is 2.21. The molecule has 28 heavy (non-hydrogen) atoms. The Labute approximate surface area is 162 Å². The van der Waals surface area contributed by atoms with Gasteiger partial charge in [0.05, 0.1) is 31.9 Å². The highest BCUT2D eigenvalue weighted by molar-refractivity contribution is 5.79. The Kier molecular flexibility index (Phi) is 5.43. The molecule has 1 aliphatic heterocycles. The number of hydrogen-bond donors (Lipinski definition) is 0. The van der Waals surface area contributed by atoms with Gasteiger partial charge >= 0.3 is 0 Å². The second-order valence-electron chi connectivity index (χ2n) is 6.93. The first-order chi connectivity index (χ1) is 13.7. The molecule has 1 amide bonds. The summed E-state index contributed by atoms with van der Waals surface area (Å²) in [6.45, 7) is 2.09. The number of carbonyl (C=O) groups is 1. The van der Waals surface area contributed by atoms with Crippen LogP contribution in [0.1, 0.15) is 22.9 Å². The molecule has 0 aliphatic carbocycles. The summed E-state index contributed by atoms with van der Waals surface area (Å²) in [5, 5.41) is 8.29. The van der Waals surface area contributed by atoms with Crippen molar-refractivity contribution in [3.8, 4) is 0 Å². The van der Waals surface area contributed by atoms with Crippen molar-refractivity contribution in [3.05, 3.63) is 83.4 Å². The zero-order valence-corrected chi connectivity index (χ0v) is 15.4. The van der Waals surface area contributed by atoms with Gasteiger partial charge in [0.2, 0.25) is 5.91 Å². The van der Waals surface area contributed by atoms with Crippen LogP contribution in [0.15, 0.2) is 60.8 Å². The van der Waals surface area contributed by atoms with E-state index in [1.807, 2.05) is 36.5 Å². The third-order valence-electron chi connectivity index (χ3n) is 4.75. The van der Waals surface area contributed by atoms with Gasteiger partial charge < -0.3 is 9.64 Å². The number of halogens is 1. The van der Waals surface area contributed by atoms with Crippen molar-refractivity contribution in [3.63, 3.8) is 0 Å². The van der Waals surface area contributed by atoms with Crippen molar-refractivity contribution < 1.29 is 13.9 Å². The molecule has 0 saturated carbocycles. The molecule has 1 fully saturated rings. The van der Waals surface area contributed by atoms with E-state index in [0.29, 0.717) is 31.9 Å². The Bertz CT molecular complexity index is 938. The average molecular weight is 380 g/mol. The summed E-state index contributed by atoms with van der Waals surface area (Å²) in [4.78, 5) is 14.1. The molecule has 0 atom stereocenters. The molecule has 0 bridgehead atoms. The lowest BCUT2D eigenvalue weighted by atomic mass is 10.1. The lowest BCUT2D eigenvalue weighted by Gasteiger charge is -2.39. The van der Waals surface area contributed by atoms with Gasteiger partial charge in [0.1, 0.15) is 11.5 Å². The molecule has 4 rings (SSSR count). The predicted octanol–water partition coefficient (Wildman–Crippen LogP) is 2.76. The molecule has 0 radical (unpaired) electrons. The van der Waals surface area contributed by atoms with Crippen LogP contribution in [0.3, 0.4) is 0 Å². The molecule has 1 saturated heterocycles. The van der Waals surface area contributed by atoms with Gasteiger partial charge in [0.25, 0.3) is 0 Å². The van der Waals surface area contributed by atoms with Gasteiger partial charge in [-0.2, -0.15) is 0 Å². The van der Waals surface area contributed by atoms with Crippen LogP contribution in [0.25, 0.3) is 0 Å². The van der Waals surface area contributed by atoms with Crippen LogP contribution < -0.4 is 0 Å². The SMILES string of the molecule is O=C(Cc1cccc(F)c1)N1CC(n2cc(COCc3ccccc3)nn2)C1. The summed E-state index contributed by atoms with van der Waals surface area (Å²) >= 11 is 0. The summed E-state index contributed by atoms with van der Waals surface area (Å²) in [5.41, 5.74) is 2.56. The van der Waals surface area contributed by atoms with Crippen LogP contribution in [0.2, 0.25) is 0 Å². The van der Waals surface area contributed by atoms with Crippen LogP contribution in [0, 0.1) is 5.82 Å². The van der Waals surface area contributed by atoms with Gasteiger partial charge in [-0.05, 0) is 23.3 Å². The fourth-order valence-electron chi connectivity index (χ4n) is 3.17. The van der Waals surface area contributed by atoms with E-state index in [-0.39, 0.29) is 24.2 Å². The Hall–Kier alpha value is -3.06. The first-order valence-electron chi connectivity index (χ1n) is 9.22. The van der Waals surface area contributed by atoms with Gasteiger partial charge in [-0.3, -0.25) is 4.79 Å². The average Bonchev–Trinajstić information content (AvgIpc) is 3.10. The quantitative estimate of drug-likeness (QED) is 0.632. The number of aromatic nitrogens is 3. The highest BCUT2D eigenvalue weighted by Gasteiger charge is 2.32. The van der Waals surface area contributed by atoms with Crippen molar-refractivity contribution in [2.24, 2.45) is 0 Å². The third kappa shape index (κ3) is 4.43. The topological polar surface area (TPSA) is 60.2 Å². The molecule has 0 N–H and O–H groups in total. The minimum absolute atomic E-state index is 0.00613. The fourth-order valence-corrected chi connectivity index (χ4v) is 3.17. The Balaban J connectivity index is 1.23. The maximum atomic E-state index is 13.2. The smallest absolute Gasteiger partial charge is 0.227 e. The normalized spacial score (nSPS) is 14.1. The molecule has 2 aromatic carbocycles. The van der Waals surface area contributed by atoms with Crippen LogP contribution >= 0.6 is 0 Å². The summed E-state index contributed by atoms with van der Waals surface area (Å²) in [6, 6.07) is 16.2. The van der Waals surface area contributed by atoms with E-state index in [9.17, 15) is 9.18 Å². The number of benzene rings is 2. The van der Waals surface area contributed by atoms with Crippen LogP contribution in [0.4, 0.5) is 4.39 Å². The third-order valence-corrected chi connectivity index (χ3v) is 4.75. The highest BCUT2D eigenvalue weighted by atomic mass is 19.1. The maximum absolute atomic E-state index is 13.2. The van der Waals surface area contributed by atoms with Gasteiger partial charge in [0.15, 0.2) is 0 Å². The monoisotopic (exact) mass is 380 g/mol. The summed E-state index contributed by atoms with van der Waals surface area (Å²) < 4.78 is 20.7. The van der Waals surface area contributed by atoms with Gasteiger partial charge in [-0.1, -0.05) is 47.7 Å². The van der Waals surface area contributed by atoms with E-state index in [1.54, 1.807) is 21.7 Å². The number of rotatable bonds is 7. The van der Waals surface area contributed by atoms with Crippen molar-refractivity contribution in [2.45, 2.75) is 25.7 Å². The number of carbonyl (C=O) groups excluding carboxylic acids is 1. The summed E-state index contributed by atoms with van der Waals surface area (Å²) in [6.07, 6.45) is 2.07. The van der Waals surface area contributed by atoms with Gasteiger partial charge in [0, 0.05) is 13.1 Å². The summed E-state index contributed by atoms with van der Waals surface area (Å²) in [5.74, 6) is -0.329. The van der Waals surface area contributed by atoms with Crippen LogP contribution in [-0.4, -0.2) is 38.9 Å². The molecule has 2 heterocycles. The lowest BCUT2D eigenvalue weighted by molar-refractivity contribution is -0.136. The van der Waals surface area contributed by atoms with Crippen molar-refractivity contribution >= 4 is 5.91 Å². The molecule has 1 aromatic heterocycles. The lowest BCUT2D eigenvalue weighted by Crippen LogP contribution is -2.51. The fraction of sp³-hybridized carbons (Fsp3) is 0.286. The zero-order valence-electron chi connectivity index (χ0n) is 15.4. The number of likely N-dealkylation sites (tertiary alicyclic amines) is 1. The van der Waals surface area contributed by atoms with Crippen molar-refractivity contribution in [2.75, 3.05) is 13.1 Å². The number of ether oxygens (including phenoxy) is 1. The predicted molar refractivity (Wildman–Crippen MR) is 101 cm³/mol. The van der Waals surface area contributed by atoms with Crippen LogP contribution in [0.5, 0.6) is 0 Å². The van der Waals surface area contributed by atoms with E-state index in [1.165, 1.54) is 12.1 Å². The number of nitrogens with zero attached hydrogens (tertiary/aromatic N) is 4. The van der Waals surface area contributed by atoms with Gasteiger partial charge in [-0.15, -0.1) is 5.10 Å². The van der Waals surface area contributed by atoms with Gasteiger partial charge in [-0.25, -0.2) is 9.07 Å². The maximum Gasteiger partial charge on any atom is 0.227 e. The summed E-state index contributed by atoms with van der Waals surface area (Å²) in [7, 11) is 0. The second kappa shape index (κ2) is 8.31.